The first kappa shape index (κ1) is 12.3. The van der Waals surface area contributed by atoms with Crippen LogP contribution in [0.2, 0.25) is 0 Å². The summed E-state index contributed by atoms with van der Waals surface area (Å²) in [5.74, 6) is 0. The van der Waals surface area contributed by atoms with Crippen molar-refractivity contribution in [3.8, 4) is 0 Å². The second kappa shape index (κ2) is 7.51. The lowest BCUT2D eigenvalue weighted by Crippen LogP contribution is -2.32. The first-order chi connectivity index (χ1) is 7.33. The highest BCUT2D eigenvalue weighted by Crippen LogP contribution is 2.06. The number of azide groups is 1. The number of likely N-dealkylation sites (N-methyl/N-ethyl adjacent to an activating group) is 1. The van der Waals surface area contributed by atoms with Crippen molar-refractivity contribution < 1.29 is 0 Å². The third-order valence-electron chi connectivity index (χ3n) is 2.86. The fourth-order valence-corrected chi connectivity index (χ4v) is 1.89. The summed E-state index contributed by atoms with van der Waals surface area (Å²) in [4.78, 5) is 7.57. The van der Waals surface area contributed by atoms with Gasteiger partial charge in [-0.15, -0.1) is 0 Å². The molecule has 0 aliphatic carbocycles. The van der Waals surface area contributed by atoms with Crippen LogP contribution in [0.25, 0.3) is 10.4 Å². The molecule has 0 spiro atoms. The standard InChI is InChI=1S/C10H21N5/c1-14(6-4-5-12-13-11)9-10-15-7-2-3-8-15/h2-10H2,1H3. The van der Waals surface area contributed by atoms with E-state index >= 15 is 0 Å². The Bertz CT molecular complexity index is 206. The van der Waals surface area contributed by atoms with Crippen molar-refractivity contribution in [1.29, 1.82) is 0 Å². The maximum atomic E-state index is 8.12. The van der Waals surface area contributed by atoms with Gasteiger partial charge in [0.05, 0.1) is 0 Å². The van der Waals surface area contributed by atoms with Crippen LogP contribution in [0.4, 0.5) is 0 Å². The van der Waals surface area contributed by atoms with Gasteiger partial charge in [0, 0.05) is 24.5 Å². The Morgan fingerprint density at radius 3 is 2.73 bits per heavy atom. The average Bonchev–Trinajstić information content (AvgIpc) is 2.74. The second-order valence-corrected chi connectivity index (χ2v) is 4.16. The van der Waals surface area contributed by atoms with Gasteiger partial charge in [-0.3, -0.25) is 0 Å². The average molecular weight is 211 g/mol. The van der Waals surface area contributed by atoms with E-state index in [1.54, 1.807) is 0 Å². The largest absolute Gasteiger partial charge is 0.305 e. The van der Waals surface area contributed by atoms with Crippen LogP contribution in [0, 0.1) is 0 Å². The molecule has 0 saturated carbocycles. The number of nitrogens with zero attached hydrogens (tertiary/aromatic N) is 5. The number of hydrogen-bond donors (Lipinski definition) is 0. The topological polar surface area (TPSA) is 55.2 Å². The van der Waals surface area contributed by atoms with Crippen LogP contribution in [0.1, 0.15) is 19.3 Å². The molecule has 15 heavy (non-hydrogen) atoms. The summed E-state index contributed by atoms with van der Waals surface area (Å²) < 4.78 is 0. The molecule has 0 aromatic heterocycles. The summed E-state index contributed by atoms with van der Waals surface area (Å²) in [5, 5.41) is 3.52. The van der Waals surface area contributed by atoms with Crippen molar-refractivity contribution in [2.45, 2.75) is 19.3 Å². The van der Waals surface area contributed by atoms with Crippen LogP contribution in [-0.4, -0.2) is 56.1 Å². The van der Waals surface area contributed by atoms with Gasteiger partial charge in [0.15, 0.2) is 0 Å². The van der Waals surface area contributed by atoms with Crippen LogP contribution in [0.5, 0.6) is 0 Å². The van der Waals surface area contributed by atoms with E-state index in [1.807, 2.05) is 0 Å². The number of likely N-dealkylation sites (tertiary alicyclic amines) is 1. The van der Waals surface area contributed by atoms with Crippen LogP contribution < -0.4 is 0 Å². The molecule has 0 aromatic carbocycles. The zero-order valence-electron chi connectivity index (χ0n) is 9.60. The summed E-state index contributed by atoms with van der Waals surface area (Å²) in [6.45, 7) is 6.48. The van der Waals surface area contributed by atoms with Crippen molar-refractivity contribution in [3.63, 3.8) is 0 Å². The minimum absolute atomic E-state index is 0.616. The molecule has 0 unspecified atom stereocenters. The zero-order valence-corrected chi connectivity index (χ0v) is 9.60. The Morgan fingerprint density at radius 1 is 1.33 bits per heavy atom. The minimum Gasteiger partial charge on any atom is -0.305 e. The lowest BCUT2D eigenvalue weighted by molar-refractivity contribution is 0.256. The lowest BCUT2D eigenvalue weighted by atomic mass is 10.4. The Kier molecular flexibility index (Phi) is 6.16. The normalized spacial score (nSPS) is 16.9. The molecule has 86 valence electrons. The molecule has 1 rings (SSSR count). The molecule has 5 nitrogen and oxygen atoms in total. The van der Waals surface area contributed by atoms with E-state index in [0.29, 0.717) is 6.54 Å². The predicted octanol–water partition coefficient (Wildman–Crippen LogP) is 1.71. The molecule has 0 bridgehead atoms. The zero-order chi connectivity index (χ0) is 10.9. The van der Waals surface area contributed by atoms with Crippen molar-refractivity contribution in [2.24, 2.45) is 5.11 Å². The number of rotatable bonds is 7. The van der Waals surface area contributed by atoms with Gasteiger partial charge in [-0.2, -0.15) is 0 Å². The lowest BCUT2D eigenvalue weighted by Gasteiger charge is -2.20. The third kappa shape index (κ3) is 5.62. The van der Waals surface area contributed by atoms with Crippen molar-refractivity contribution >= 4 is 0 Å². The molecule has 0 atom stereocenters. The van der Waals surface area contributed by atoms with Crippen LogP contribution >= 0.6 is 0 Å². The summed E-state index contributed by atoms with van der Waals surface area (Å²) in [6.07, 6.45) is 3.68. The molecule has 0 radical (unpaired) electrons. The van der Waals surface area contributed by atoms with Crippen molar-refractivity contribution in [2.75, 3.05) is 46.3 Å². The van der Waals surface area contributed by atoms with Gasteiger partial charge in [-0.1, -0.05) is 5.11 Å². The molecule has 1 aliphatic heterocycles. The van der Waals surface area contributed by atoms with E-state index in [2.05, 4.69) is 26.9 Å². The maximum absolute atomic E-state index is 8.12. The summed E-state index contributed by atoms with van der Waals surface area (Å²) in [7, 11) is 2.13. The Hall–Kier alpha value is -0.770. The minimum atomic E-state index is 0.616. The molecule has 0 aromatic rings. The van der Waals surface area contributed by atoms with Gasteiger partial charge >= 0.3 is 0 Å². The maximum Gasteiger partial charge on any atom is 0.0270 e. The van der Waals surface area contributed by atoms with Gasteiger partial charge in [0.2, 0.25) is 0 Å². The predicted molar refractivity (Wildman–Crippen MR) is 61.8 cm³/mol. The molecular formula is C10H21N5. The van der Waals surface area contributed by atoms with Crippen LogP contribution in [-0.2, 0) is 0 Å². The van der Waals surface area contributed by atoms with E-state index < -0.39 is 0 Å². The molecular weight excluding hydrogens is 190 g/mol. The highest BCUT2D eigenvalue weighted by molar-refractivity contribution is 4.67. The summed E-state index contributed by atoms with van der Waals surface area (Å²) in [6, 6.07) is 0. The van der Waals surface area contributed by atoms with Gasteiger partial charge in [-0.25, -0.2) is 0 Å². The molecule has 1 saturated heterocycles. The molecule has 5 heteroatoms. The van der Waals surface area contributed by atoms with E-state index in [9.17, 15) is 0 Å². The van der Waals surface area contributed by atoms with E-state index in [-0.39, 0.29) is 0 Å². The monoisotopic (exact) mass is 211 g/mol. The Balaban J connectivity index is 1.97. The van der Waals surface area contributed by atoms with Gasteiger partial charge in [0.25, 0.3) is 0 Å². The smallest absolute Gasteiger partial charge is 0.0270 e. The van der Waals surface area contributed by atoms with E-state index in [0.717, 1.165) is 19.5 Å². The Labute approximate surface area is 91.7 Å². The Morgan fingerprint density at radius 2 is 2.07 bits per heavy atom. The molecule has 0 N–H and O–H groups in total. The number of hydrogen-bond acceptors (Lipinski definition) is 3. The highest BCUT2D eigenvalue weighted by atomic mass is 15.2. The van der Waals surface area contributed by atoms with Crippen LogP contribution in [0.15, 0.2) is 5.11 Å². The summed E-state index contributed by atoms with van der Waals surface area (Å²) in [5.41, 5.74) is 8.12. The summed E-state index contributed by atoms with van der Waals surface area (Å²) >= 11 is 0. The van der Waals surface area contributed by atoms with Crippen LogP contribution in [0.3, 0.4) is 0 Å². The molecule has 1 heterocycles. The second-order valence-electron chi connectivity index (χ2n) is 4.16. The van der Waals surface area contributed by atoms with Crippen molar-refractivity contribution in [3.05, 3.63) is 10.4 Å². The van der Waals surface area contributed by atoms with Gasteiger partial charge in [-0.05, 0) is 51.5 Å². The SMILES string of the molecule is CN(CCCN=[N+]=[N-])CCN1CCCC1. The molecule has 1 aliphatic rings. The highest BCUT2D eigenvalue weighted by Gasteiger charge is 2.11. The first-order valence-electron chi connectivity index (χ1n) is 5.74. The van der Waals surface area contributed by atoms with Gasteiger partial charge < -0.3 is 9.80 Å². The third-order valence-corrected chi connectivity index (χ3v) is 2.86. The van der Waals surface area contributed by atoms with E-state index in [4.69, 9.17) is 5.53 Å². The van der Waals surface area contributed by atoms with E-state index in [1.165, 1.54) is 32.5 Å². The molecule has 0 amide bonds. The van der Waals surface area contributed by atoms with Gasteiger partial charge in [0.1, 0.15) is 0 Å². The fourth-order valence-electron chi connectivity index (χ4n) is 1.89. The fraction of sp³-hybridized carbons (Fsp3) is 1.00. The first-order valence-corrected chi connectivity index (χ1v) is 5.74. The molecule has 1 fully saturated rings. The quantitative estimate of drug-likeness (QED) is 0.278. The van der Waals surface area contributed by atoms with Crippen molar-refractivity contribution in [1.82, 2.24) is 9.80 Å².